The lowest BCUT2D eigenvalue weighted by Gasteiger charge is -2.30. The predicted octanol–water partition coefficient (Wildman–Crippen LogP) is 3.92. The van der Waals surface area contributed by atoms with Gasteiger partial charge in [0.05, 0.1) is 18.3 Å². The molecule has 0 aliphatic carbocycles. The molecule has 1 amide bonds. The summed E-state index contributed by atoms with van der Waals surface area (Å²) >= 11 is 5.89. The quantitative estimate of drug-likeness (QED) is 0.727. The van der Waals surface area contributed by atoms with Crippen LogP contribution in [0.4, 0.5) is 5.69 Å². The molecule has 134 valence electrons. The van der Waals surface area contributed by atoms with Crippen LogP contribution in [-0.2, 0) is 27.1 Å². The third-order valence-corrected chi connectivity index (χ3v) is 4.65. The van der Waals surface area contributed by atoms with Gasteiger partial charge >= 0.3 is 0 Å². The van der Waals surface area contributed by atoms with Gasteiger partial charge in [0.1, 0.15) is 5.88 Å². The van der Waals surface area contributed by atoms with E-state index in [1.165, 1.54) is 0 Å². The van der Waals surface area contributed by atoms with Gasteiger partial charge in [0.15, 0.2) is 6.29 Å². The summed E-state index contributed by atoms with van der Waals surface area (Å²) in [5.41, 5.74) is 3.27. The van der Waals surface area contributed by atoms with Crippen LogP contribution in [0.5, 0.6) is 0 Å². The van der Waals surface area contributed by atoms with E-state index in [0.29, 0.717) is 13.2 Å². The molecular weight excluding hydrogens is 326 g/mol. The van der Waals surface area contributed by atoms with Crippen molar-refractivity contribution in [3.05, 3.63) is 29.3 Å². The summed E-state index contributed by atoms with van der Waals surface area (Å²) in [7, 11) is 0. The molecule has 2 atom stereocenters. The van der Waals surface area contributed by atoms with Crippen molar-refractivity contribution >= 4 is 23.2 Å². The van der Waals surface area contributed by atoms with Gasteiger partial charge in [-0.15, -0.1) is 11.6 Å². The fourth-order valence-corrected chi connectivity index (χ4v) is 3.29. The van der Waals surface area contributed by atoms with Crippen LogP contribution in [0.1, 0.15) is 44.7 Å². The summed E-state index contributed by atoms with van der Waals surface area (Å²) in [5.74, 6) is -0.167. The van der Waals surface area contributed by atoms with E-state index in [2.05, 4.69) is 26.0 Å². The summed E-state index contributed by atoms with van der Waals surface area (Å²) in [6, 6.07) is 6.19. The molecule has 0 radical (unpaired) electrons. The third kappa shape index (κ3) is 4.71. The van der Waals surface area contributed by atoms with Gasteiger partial charge in [-0.25, -0.2) is 0 Å². The number of carbonyl (C=O) groups excluding carboxylic acids is 1. The van der Waals surface area contributed by atoms with E-state index in [1.54, 1.807) is 4.90 Å². The van der Waals surface area contributed by atoms with Gasteiger partial charge in [0.2, 0.25) is 5.91 Å². The zero-order chi connectivity index (χ0) is 17.5. The highest BCUT2D eigenvalue weighted by Crippen LogP contribution is 2.28. The van der Waals surface area contributed by atoms with Crippen molar-refractivity contribution in [1.29, 1.82) is 0 Å². The van der Waals surface area contributed by atoms with E-state index in [-0.39, 0.29) is 17.9 Å². The van der Waals surface area contributed by atoms with Crippen LogP contribution in [0.3, 0.4) is 0 Å². The molecule has 1 aliphatic heterocycles. The van der Waals surface area contributed by atoms with E-state index in [4.69, 9.17) is 21.1 Å². The van der Waals surface area contributed by atoms with Crippen LogP contribution in [0, 0.1) is 0 Å². The molecule has 0 saturated carbocycles. The first-order chi connectivity index (χ1) is 11.6. The summed E-state index contributed by atoms with van der Waals surface area (Å²) in [6.45, 7) is 7.28. The average molecular weight is 354 g/mol. The number of anilines is 1. The maximum atomic E-state index is 12.6. The van der Waals surface area contributed by atoms with Crippen LogP contribution in [-0.4, -0.2) is 37.3 Å². The first-order valence-corrected chi connectivity index (χ1v) is 9.38. The summed E-state index contributed by atoms with van der Waals surface area (Å²) in [5, 5.41) is 0. The van der Waals surface area contributed by atoms with E-state index in [1.807, 2.05) is 13.0 Å². The Kier molecular flexibility index (Phi) is 7.53. The second kappa shape index (κ2) is 9.40. The summed E-state index contributed by atoms with van der Waals surface area (Å²) in [4.78, 5) is 14.3. The maximum Gasteiger partial charge on any atom is 0.242 e. The molecule has 1 aromatic rings. The maximum absolute atomic E-state index is 12.6. The lowest BCUT2D eigenvalue weighted by molar-refractivity contribution is -0.145. The Morgan fingerprint density at radius 1 is 1.29 bits per heavy atom. The SMILES string of the molecule is CCc1cccc(CC)c1N(CC1OCCCC(C)O1)C(=O)CCl. The number of rotatable bonds is 6. The van der Waals surface area contributed by atoms with Crippen LogP contribution >= 0.6 is 11.6 Å². The Morgan fingerprint density at radius 2 is 1.96 bits per heavy atom. The minimum Gasteiger partial charge on any atom is -0.351 e. The van der Waals surface area contributed by atoms with Crippen molar-refractivity contribution in [3.63, 3.8) is 0 Å². The molecule has 1 aromatic carbocycles. The zero-order valence-corrected chi connectivity index (χ0v) is 15.6. The highest BCUT2D eigenvalue weighted by atomic mass is 35.5. The standard InChI is InChI=1S/C19H28ClNO3/c1-4-15-9-6-10-16(5-2)19(15)21(17(22)12-20)13-18-23-11-7-8-14(3)24-18/h6,9-10,14,18H,4-5,7-8,11-13H2,1-3H3. The van der Waals surface area contributed by atoms with Gasteiger partial charge in [-0.2, -0.15) is 0 Å². The van der Waals surface area contributed by atoms with E-state index in [0.717, 1.165) is 42.5 Å². The minimum atomic E-state index is -0.413. The summed E-state index contributed by atoms with van der Waals surface area (Å²) < 4.78 is 11.8. The average Bonchev–Trinajstić information content (AvgIpc) is 2.82. The summed E-state index contributed by atoms with van der Waals surface area (Å²) in [6.07, 6.45) is 3.40. The van der Waals surface area contributed by atoms with Gasteiger partial charge in [0.25, 0.3) is 0 Å². The molecule has 1 saturated heterocycles. The number of ether oxygens (including phenoxy) is 2. The van der Waals surface area contributed by atoms with Gasteiger partial charge < -0.3 is 14.4 Å². The Hall–Kier alpha value is -1.10. The van der Waals surface area contributed by atoms with Crippen LogP contribution in [0.25, 0.3) is 0 Å². The molecule has 2 rings (SSSR count). The van der Waals surface area contributed by atoms with Gasteiger partial charge in [0, 0.05) is 6.61 Å². The molecule has 1 heterocycles. The lowest BCUT2D eigenvalue weighted by Crippen LogP contribution is -2.42. The number of carbonyl (C=O) groups is 1. The van der Waals surface area contributed by atoms with Crippen LogP contribution in [0.15, 0.2) is 18.2 Å². The Bertz CT molecular complexity index is 527. The lowest BCUT2D eigenvalue weighted by atomic mass is 10.0. The highest BCUT2D eigenvalue weighted by Gasteiger charge is 2.27. The number of para-hydroxylation sites is 1. The second-order valence-electron chi connectivity index (χ2n) is 6.16. The van der Waals surface area contributed by atoms with E-state index in [9.17, 15) is 4.79 Å². The Morgan fingerprint density at radius 3 is 2.54 bits per heavy atom. The molecule has 4 nitrogen and oxygen atoms in total. The molecule has 2 unspecified atom stereocenters. The monoisotopic (exact) mass is 353 g/mol. The molecular formula is C19H28ClNO3. The topological polar surface area (TPSA) is 38.8 Å². The molecule has 24 heavy (non-hydrogen) atoms. The minimum absolute atomic E-state index is 0.0521. The number of amides is 1. The normalized spacial score (nSPS) is 21.3. The van der Waals surface area contributed by atoms with Gasteiger partial charge in [-0.1, -0.05) is 32.0 Å². The number of nitrogens with zero attached hydrogens (tertiary/aromatic N) is 1. The van der Waals surface area contributed by atoms with Crippen molar-refractivity contribution in [2.45, 2.75) is 58.8 Å². The zero-order valence-electron chi connectivity index (χ0n) is 14.9. The highest BCUT2D eigenvalue weighted by molar-refractivity contribution is 6.29. The van der Waals surface area contributed by atoms with Crippen LogP contribution in [0.2, 0.25) is 0 Å². The largest absolute Gasteiger partial charge is 0.351 e. The smallest absolute Gasteiger partial charge is 0.242 e. The number of benzene rings is 1. The number of hydrogen-bond donors (Lipinski definition) is 0. The number of hydrogen-bond acceptors (Lipinski definition) is 3. The molecule has 0 aromatic heterocycles. The van der Waals surface area contributed by atoms with E-state index >= 15 is 0 Å². The van der Waals surface area contributed by atoms with E-state index < -0.39 is 6.29 Å². The number of aryl methyl sites for hydroxylation is 2. The van der Waals surface area contributed by atoms with Crippen molar-refractivity contribution in [1.82, 2.24) is 0 Å². The molecule has 5 heteroatoms. The van der Waals surface area contributed by atoms with Crippen LogP contribution < -0.4 is 4.90 Å². The third-order valence-electron chi connectivity index (χ3n) is 4.42. The first-order valence-electron chi connectivity index (χ1n) is 8.84. The van der Waals surface area contributed by atoms with Crippen molar-refractivity contribution in [3.8, 4) is 0 Å². The number of alkyl halides is 1. The number of halogens is 1. The second-order valence-corrected chi connectivity index (χ2v) is 6.43. The van der Waals surface area contributed by atoms with Crippen molar-refractivity contribution in [2.24, 2.45) is 0 Å². The van der Waals surface area contributed by atoms with Gasteiger partial charge in [-0.3, -0.25) is 4.79 Å². The Labute approximate surface area is 150 Å². The predicted molar refractivity (Wildman–Crippen MR) is 97.8 cm³/mol. The molecule has 0 spiro atoms. The first kappa shape index (κ1) is 19.2. The Balaban J connectivity index is 2.33. The van der Waals surface area contributed by atoms with Crippen molar-refractivity contribution in [2.75, 3.05) is 23.9 Å². The molecule has 0 N–H and O–H groups in total. The molecule has 1 aliphatic rings. The fraction of sp³-hybridized carbons (Fsp3) is 0.632. The molecule has 0 bridgehead atoms. The van der Waals surface area contributed by atoms with Crippen molar-refractivity contribution < 1.29 is 14.3 Å². The molecule has 1 fully saturated rings. The fourth-order valence-electron chi connectivity index (χ4n) is 3.15. The van der Waals surface area contributed by atoms with Gasteiger partial charge in [-0.05, 0) is 43.7 Å².